The highest BCUT2D eigenvalue weighted by atomic mass is 35.5. The van der Waals surface area contributed by atoms with Gasteiger partial charge < -0.3 is 4.90 Å². The highest BCUT2D eigenvalue weighted by Crippen LogP contribution is 2.34. The van der Waals surface area contributed by atoms with Gasteiger partial charge in [0.1, 0.15) is 6.04 Å². The lowest BCUT2D eigenvalue weighted by atomic mass is 10.0. The van der Waals surface area contributed by atoms with Gasteiger partial charge in [-0.2, -0.15) is 0 Å². The number of imide groups is 1. The van der Waals surface area contributed by atoms with Gasteiger partial charge in [-0.15, -0.1) is 24.0 Å². The quantitative estimate of drug-likeness (QED) is 0.586. The largest absolute Gasteiger partial charge is 0.322 e. The Morgan fingerprint density at radius 1 is 1.21 bits per heavy atom. The van der Waals surface area contributed by atoms with Gasteiger partial charge in [-0.05, 0) is 35.7 Å². The van der Waals surface area contributed by atoms with E-state index in [1.807, 2.05) is 6.07 Å². The second-order valence-electron chi connectivity index (χ2n) is 6.54. The van der Waals surface area contributed by atoms with E-state index in [2.05, 4.69) is 10.3 Å². The standard InChI is InChI=1S/C19H15Cl2N3O3.ClH/c20-8-11-5-6-22-17(16(11)21)10-1-2-13-12(7-10)9-24(19(13)27)14-3-4-15(25)23-18(14)26;/h1-2,5-7,14H,3-4,8-9H2,(H,23,25,26);1H. The summed E-state index contributed by atoms with van der Waals surface area (Å²) in [4.78, 5) is 42.1. The summed E-state index contributed by atoms with van der Waals surface area (Å²) in [5, 5.41) is 2.78. The van der Waals surface area contributed by atoms with E-state index in [9.17, 15) is 14.4 Å². The summed E-state index contributed by atoms with van der Waals surface area (Å²) in [7, 11) is 0. The van der Waals surface area contributed by atoms with Crippen molar-refractivity contribution >= 4 is 53.3 Å². The maximum absolute atomic E-state index is 12.7. The predicted molar refractivity (Wildman–Crippen MR) is 108 cm³/mol. The molecular weight excluding hydrogens is 425 g/mol. The van der Waals surface area contributed by atoms with Crippen LogP contribution in [0, 0.1) is 0 Å². The Morgan fingerprint density at radius 2 is 2.00 bits per heavy atom. The Morgan fingerprint density at radius 3 is 2.71 bits per heavy atom. The Balaban J connectivity index is 0.00000225. The third-order valence-electron chi connectivity index (χ3n) is 4.91. The summed E-state index contributed by atoms with van der Waals surface area (Å²) >= 11 is 12.3. The van der Waals surface area contributed by atoms with Crippen LogP contribution < -0.4 is 5.32 Å². The van der Waals surface area contributed by atoms with Crippen molar-refractivity contribution in [3.8, 4) is 11.3 Å². The smallest absolute Gasteiger partial charge is 0.255 e. The van der Waals surface area contributed by atoms with E-state index >= 15 is 0 Å². The fraction of sp³-hybridized carbons (Fsp3) is 0.263. The summed E-state index contributed by atoms with van der Waals surface area (Å²) in [6, 6.07) is 6.51. The second-order valence-corrected chi connectivity index (χ2v) is 7.18. The molecule has 146 valence electrons. The van der Waals surface area contributed by atoms with E-state index in [1.165, 1.54) is 4.90 Å². The number of benzene rings is 1. The first-order chi connectivity index (χ1) is 13.0. The number of nitrogens with zero attached hydrogens (tertiary/aromatic N) is 2. The highest BCUT2D eigenvalue weighted by molar-refractivity contribution is 6.34. The minimum atomic E-state index is -0.632. The number of halogens is 3. The molecule has 0 saturated carbocycles. The molecule has 0 spiro atoms. The molecule has 2 aliphatic rings. The summed E-state index contributed by atoms with van der Waals surface area (Å²) in [5.74, 6) is -0.657. The van der Waals surface area contributed by atoms with Crippen LogP contribution in [0.3, 0.4) is 0 Å². The molecule has 4 rings (SSSR count). The summed E-state index contributed by atoms with van der Waals surface area (Å²) in [6.07, 6.45) is 2.21. The number of carbonyl (C=O) groups excluding carboxylic acids is 3. The molecule has 1 N–H and O–H groups in total. The van der Waals surface area contributed by atoms with Crippen LogP contribution in [0.4, 0.5) is 0 Å². The molecule has 6 nitrogen and oxygen atoms in total. The number of hydrogen-bond donors (Lipinski definition) is 1. The zero-order valence-electron chi connectivity index (χ0n) is 14.6. The van der Waals surface area contributed by atoms with Crippen LogP contribution in [0.5, 0.6) is 0 Å². The number of rotatable bonds is 3. The fourth-order valence-corrected chi connectivity index (χ4v) is 4.09. The lowest BCUT2D eigenvalue weighted by Crippen LogP contribution is -2.52. The first-order valence-electron chi connectivity index (χ1n) is 8.47. The highest BCUT2D eigenvalue weighted by Gasteiger charge is 2.39. The lowest BCUT2D eigenvalue weighted by molar-refractivity contribution is -0.136. The van der Waals surface area contributed by atoms with Gasteiger partial charge in [0.15, 0.2) is 0 Å². The van der Waals surface area contributed by atoms with Crippen molar-refractivity contribution in [2.75, 3.05) is 0 Å². The molecule has 2 aromatic rings. The van der Waals surface area contributed by atoms with Crippen molar-refractivity contribution in [3.05, 3.63) is 52.2 Å². The van der Waals surface area contributed by atoms with E-state index in [-0.39, 0.29) is 36.5 Å². The van der Waals surface area contributed by atoms with Gasteiger partial charge in [0.2, 0.25) is 11.8 Å². The molecule has 0 bridgehead atoms. The molecule has 0 aliphatic carbocycles. The third kappa shape index (κ3) is 3.48. The lowest BCUT2D eigenvalue weighted by Gasteiger charge is -2.29. The molecule has 0 radical (unpaired) electrons. The Kier molecular flexibility index (Phi) is 5.93. The van der Waals surface area contributed by atoms with Gasteiger partial charge in [-0.1, -0.05) is 17.7 Å². The van der Waals surface area contributed by atoms with Crippen molar-refractivity contribution < 1.29 is 14.4 Å². The SMILES string of the molecule is Cl.O=C1CCC(N2Cc3cc(-c4nccc(CCl)c4Cl)ccc3C2=O)C(=O)N1. The molecule has 2 aliphatic heterocycles. The first-order valence-corrected chi connectivity index (χ1v) is 9.38. The van der Waals surface area contributed by atoms with Gasteiger partial charge >= 0.3 is 0 Å². The maximum atomic E-state index is 12.7. The van der Waals surface area contributed by atoms with E-state index in [4.69, 9.17) is 23.2 Å². The summed E-state index contributed by atoms with van der Waals surface area (Å²) in [6.45, 7) is 0.307. The molecule has 1 unspecified atom stereocenters. The third-order valence-corrected chi connectivity index (χ3v) is 5.62. The minimum Gasteiger partial charge on any atom is -0.322 e. The number of piperidine rings is 1. The Labute approximate surface area is 177 Å². The molecular formula is C19H16Cl3N3O3. The van der Waals surface area contributed by atoms with Gasteiger partial charge in [-0.25, -0.2) is 0 Å². The maximum Gasteiger partial charge on any atom is 0.255 e. The van der Waals surface area contributed by atoms with Crippen molar-refractivity contribution in [3.63, 3.8) is 0 Å². The number of pyridine rings is 1. The van der Waals surface area contributed by atoms with E-state index in [0.717, 1.165) is 16.7 Å². The average Bonchev–Trinajstić information content (AvgIpc) is 2.98. The number of aromatic nitrogens is 1. The van der Waals surface area contributed by atoms with Crippen molar-refractivity contribution in [2.45, 2.75) is 31.3 Å². The first kappa shape index (κ1) is 20.6. The van der Waals surface area contributed by atoms with Crippen LogP contribution >= 0.6 is 35.6 Å². The number of hydrogen-bond acceptors (Lipinski definition) is 4. The van der Waals surface area contributed by atoms with Crippen LogP contribution in [-0.2, 0) is 22.0 Å². The van der Waals surface area contributed by atoms with Gasteiger partial charge in [-0.3, -0.25) is 24.7 Å². The molecule has 9 heteroatoms. The topological polar surface area (TPSA) is 79.4 Å². The van der Waals surface area contributed by atoms with E-state index in [0.29, 0.717) is 29.2 Å². The number of fused-ring (bicyclic) bond motifs is 1. The van der Waals surface area contributed by atoms with Crippen molar-refractivity contribution in [1.29, 1.82) is 0 Å². The zero-order valence-corrected chi connectivity index (χ0v) is 16.9. The molecule has 1 atom stereocenters. The van der Waals surface area contributed by atoms with Crippen LogP contribution in [0.1, 0.15) is 34.3 Å². The summed E-state index contributed by atoms with van der Waals surface area (Å²) in [5.41, 5.74) is 3.52. The molecule has 1 fully saturated rings. The van der Waals surface area contributed by atoms with E-state index in [1.54, 1.807) is 24.4 Å². The van der Waals surface area contributed by atoms with Crippen molar-refractivity contribution in [2.24, 2.45) is 0 Å². The molecule has 3 heterocycles. The van der Waals surface area contributed by atoms with Crippen molar-refractivity contribution in [1.82, 2.24) is 15.2 Å². The monoisotopic (exact) mass is 439 g/mol. The number of alkyl halides is 1. The Bertz CT molecular complexity index is 980. The predicted octanol–water partition coefficient (Wildman–Crippen LogP) is 3.32. The second kappa shape index (κ2) is 8.07. The summed E-state index contributed by atoms with van der Waals surface area (Å²) < 4.78 is 0. The van der Waals surface area contributed by atoms with Crippen LogP contribution in [0.2, 0.25) is 5.02 Å². The van der Waals surface area contributed by atoms with E-state index < -0.39 is 11.9 Å². The minimum absolute atomic E-state index is 0. The average molecular weight is 441 g/mol. The van der Waals surface area contributed by atoms with Crippen LogP contribution in [0.15, 0.2) is 30.5 Å². The number of amides is 3. The number of carbonyl (C=O) groups is 3. The van der Waals surface area contributed by atoms with Gasteiger partial charge in [0.05, 0.1) is 10.7 Å². The number of nitrogens with one attached hydrogen (secondary N) is 1. The van der Waals surface area contributed by atoms with Crippen LogP contribution in [-0.4, -0.2) is 33.6 Å². The van der Waals surface area contributed by atoms with Gasteiger partial charge in [0, 0.05) is 36.2 Å². The fourth-order valence-electron chi connectivity index (χ4n) is 3.51. The zero-order chi connectivity index (χ0) is 19.1. The molecule has 1 aromatic heterocycles. The normalized spacial score (nSPS) is 18.6. The Hall–Kier alpha value is -2.15. The molecule has 28 heavy (non-hydrogen) atoms. The molecule has 3 amide bonds. The molecule has 1 aromatic carbocycles. The van der Waals surface area contributed by atoms with Crippen LogP contribution in [0.25, 0.3) is 11.3 Å². The van der Waals surface area contributed by atoms with Gasteiger partial charge in [0.25, 0.3) is 5.91 Å². The molecule has 1 saturated heterocycles.